The van der Waals surface area contributed by atoms with E-state index in [2.05, 4.69) is 19.9 Å². The Labute approximate surface area is 166 Å². The average molecular weight is 427 g/mol. The van der Waals surface area contributed by atoms with Crippen molar-refractivity contribution in [2.75, 3.05) is 35.9 Å². The van der Waals surface area contributed by atoms with Gasteiger partial charge in [0, 0.05) is 5.92 Å². The van der Waals surface area contributed by atoms with Crippen LogP contribution in [-0.2, 0) is 19.6 Å². The van der Waals surface area contributed by atoms with Gasteiger partial charge in [0.25, 0.3) is 0 Å². The Bertz CT molecular complexity index is 981. The van der Waals surface area contributed by atoms with Crippen molar-refractivity contribution in [3.8, 4) is 0 Å². The number of carbonyl (C=O) groups excluding carboxylic acids is 1. The van der Waals surface area contributed by atoms with Crippen LogP contribution >= 0.6 is 11.3 Å². The lowest BCUT2D eigenvalue weighted by Crippen LogP contribution is -2.35. The number of thiazole rings is 1. The molecule has 1 aromatic carbocycles. The third-order valence-electron chi connectivity index (χ3n) is 4.57. The molecule has 0 saturated carbocycles. The van der Waals surface area contributed by atoms with Crippen molar-refractivity contribution < 1.29 is 23.1 Å². The molecule has 9 nitrogen and oxygen atoms in total. The molecule has 1 aromatic heterocycles. The molecular weight excluding hydrogens is 404 g/mol. The maximum absolute atomic E-state index is 12.4. The number of nitrogens with zero attached hydrogens (tertiary/aromatic N) is 2. The largest absolute Gasteiger partial charge is 0.481 e. The number of aliphatic carboxylic acids is 1. The third kappa shape index (κ3) is 5.40. The standard InChI is InChI=1S/C17H22N4O5S2/c1-21-7-4-11(5-8-21)16(24)19-17-18-13-3-2-12(10-14(13)27-17)20-28(25,26)9-6-15(22)23/h2-3,10-11,20H,4-9H2,1H3,(H,22,23)(H,18,19,24). The second-order valence-electron chi connectivity index (χ2n) is 6.83. The molecule has 1 aliphatic rings. The molecule has 0 atom stereocenters. The molecule has 3 rings (SSSR count). The lowest BCUT2D eigenvalue weighted by molar-refractivity contribution is -0.136. The van der Waals surface area contributed by atoms with Gasteiger partial charge in [0.1, 0.15) is 0 Å². The molecule has 1 amide bonds. The molecule has 1 aliphatic heterocycles. The molecule has 0 bridgehead atoms. The number of anilines is 2. The maximum atomic E-state index is 12.4. The van der Waals surface area contributed by atoms with Crippen LogP contribution in [0.3, 0.4) is 0 Å². The van der Waals surface area contributed by atoms with E-state index in [1.807, 2.05) is 7.05 Å². The van der Waals surface area contributed by atoms with Crippen molar-refractivity contribution in [3.05, 3.63) is 18.2 Å². The highest BCUT2D eigenvalue weighted by molar-refractivity contribution is 7.92. The zero-order valence-electron chi connectivity index (χ0n) is 15.3. The van der Waals surface area contributed by atoms with Gasteiger partial charge in [-0.15, -0.1) is 0 Å². The number of benzene rings is 1. The van der Waals surface area contributed by atoms with Gasteiger partial charge in [-0.25, -0.2) is 13.4 Å². The van der Waals surface area contributed by atoms with Crippen LogP contribution in [0.15, 0.2) is 18.2 Å². The number of sulfonamides is 1. The number of hydrogen-bond acceptors (Lipinski definition) is 7. The number of piperidine rings is 1. The van der Waals surface area contributed by atoms with Crippen molar-refractivity contribution >= 4 is 54.3 Å². The van der Waals surface area contributed by atoms with Gasteiger partial charge >= 0.3 is 5.97 Å². The Balaban J connectivity index is 1.67. The number of carbonyl (C=O) groups is 2. The summed E-state index contributed by atoms with van der Waals surface area (Å²) in [7, 11) is -1.71. The quantitative estimate of drug-likeness (QED) is 0.616. The van der Waals surface area contributed by atoms with Crippen LogP contribution in [0.1, 0.15) is 19.3 Å². The minimum Gasteiger partial charge on any atom is -0.481 e. The molecule has 2 aromatic rings. The predicted octanol–water partition coefficient (Wildman–Crippen LogP) is 1.79. The van der Waals surface area contributed by atoms with Crippen LogP contribution < -0.4 is 10.0 Å². The summed E-state index contributed by atoms with van der Waals surface area (Å²) in [6.45, 7) is 1.78. The van der Waals surface area contributed by atoms with Crippen molar-refractivity contribution in [1.29, 1.82) is 0 Å². The van der Waals surface area contributed by atoms with Gasteiger partial charge in [-0.2, -0.15) is 0 Å². The van der Waals surface area contributed by atoms with Crippen molar-refractivity contribution in [2.24, 2.45) is 5.92 Å². The van der Waals surface area contributed by atoms with E-state index in [0.29, 0.717) is 16.3 Å². The Morgan fingerprint density at radius 2 is 2.04 bits per heavy atom. The summed E-state index contributed by atoms with van der Waals surface area (Å²) in [5, 5.41) is 12.0. The summed E-state index contributed by atoms with van der Waals surface area (Å²) in [6, 6.07) is 4.84. The number of carboxylic acid groups (broad SMARTS) is 1. The van der Waals surface area contributed by atoms with Crippen LogP contribution in [0.4, 0.5) is 10.8 Å². The molecule has 0 spiro atoms. The molecule has 0 radical (unpaired) electrons. The number of amides is 1. The van der Waals surface area contributed by atoms with Gasteiger partial charge in [-0.1, -0.05) is 11.3 Å². The number of likely N-dealkylation sites (tertiary alicyclic amines) is 1. The zero-order chi connectivity index (χ0) is 20.3. The summed E-state index contributed by atoms with van der Waals surface area (Å²) >= 11 is 1.27. The molecule has 28 heavy (non-hydrogen) atoms. The van der Waals surface area contributed by atoms with Crippen molar-refractivity contribution in [2.45, 2.75) is 19.3 Å². The Hall–Kier alpha value is -2.24. The molecule has 1 fully saturated rings. The summed E-state index contributed by atoms with van der Waals surface area (Å²) < 4.78 is 27.0. The highest BCUT2D eigenvalue weighted by Gasteiger charge is 2.24. The number of carboxylic acids is 1. The van der Waals surface area contributed by atoms with Gasteiger partial charge in [0.2, 0.25) is 15.9 Å². The fraction of sp³-hybridized carbons (Fsp3) is 0.471. The van der Waals surface area contributed by atoms with Crippen LogP contribution in [0.2, 0.25) is 0 Å². The van der Waals surface area contributed by atoms with Gasteiger partial charge in [0.15, 0.2) is 5.13 Å². The minimum absolute atomic E-state index is 0.0279. The monoisotopic (exact) mass is 426 g/mol. The third-order valence-corrected chi connectivity index (χ3v) is 6.79. The van der Waals surface area contributed by atoms with E-state index < -0.39 is 28.2 Å². The number of fused-ring (bicyclic) bond motifs is 1. The molecule has 152 valence electrons. The summed E-state index contributed by atoms with van der Waals surface area (Å²) in [6.07, 6.45) is 1.16. The molecule has 1 saturated heterocycles. The van der Waals surface area contributed by atoms with Gasteiger partial charge in [0.05, 0.1) is 28.1 Å². The highest BCUT2D eigenvalue weighted by Crippen LogP contribution is 2.29. The van der Waals surface area contributed by atoms with E-state index in [1.54, 1.807) is 18.2 Å². The number of aromatic nitrogens is 1. The van der Waals surface area contributed by atoms with Crippen LogP contribution in [0.25, 0.3) is 10.2 Å². The van der Waals surface area contributed by atoms with E-state index in [0.717, 1.165) is 30.6 Å². The van der Waals surface area contributed by atoms with E-state index in [4.69, 9.17) is 5.11 Å². The second-order valence-corrected chi connectivity index (χ2v) is 9.71. The van der Waals surface area contributed by atoms with E-state index >= 15 is 0 Å². The number of hydrogen-bond donors (Lipinski definition) is 3. The SMILES string of the molecule is CN1CCC(C(=O)Nc2nc3ccc(NS(=O)(=O)CCC(=O)O)cc3s2)CC1. The first kappa shape index (κ1) is 20.5. The fourth-order valence-corrected chi connectivity index (χ4v) is 4.91. The number of rotatable bonds is 7. The fourth-order valence-electron chi connectivity index (χ4n) is 2.97. The molecule has 11 heteroatoms. The predicted molar refractivity (Wildman–Crippen MR) is 108 cm³/mol. The summed E-state index contributed by atoms with van der Waals surface area (Å²) in [5.74, 6) is -1.74. The second kappa shape index (κ2) is 8.41. The lowest BCUT2D eigenvalue weighted by Gasteiger charge is -2.27. The molecule has 0 aliphatic carbocycles. The maximum Gasteiger partial charge on any atom is 0.304 e. The molecular formula is C17H22N4O5S2. The molecule has 0 unspecified atom stereocenters. The normalized spacial score (nSPS) is 16.2. The zero-order valence-corrected chi connectivity index (χ0v) is 17.0. The van der Waals surface area contributed by atoms with E-state index in [9.17, 15) is 18.0 Å². The van der Waals surface area contributed by atoms with Gasteiger partial charge in [-0.05, 0) is 51.2 Å². The smallest absolute Gasteiger partial charge is 0.304 e. The first-order chi connectivity index (χ1) is 13.2. The molecule has 3 N–H and O–H groups in total. The first-order valence-corrected chi connectivity index (χ1v) is 11.3. The molecule has 2 heterocycles. The van der Waals surface area contributed by atoms with E-state index in [-0.39, 0.29) is 11.8 Å². The van der Waals surface area contributed by atoms with Gasteiger partial charge < -0.3 is 15.3 Å². The average Bonchev–Trinajstić information content (AvgIpc) is 3.01. The number of nitrogens with one attached hydrogen (secondary N) is 2. The summed E-state index contributed by atoms with van der Waals surface area (Å²) in [5.41, 5.74) is 0.979. The Morgan fingerprint density at radius 1 is 1.32 bits per heavy atom. The van der Waals surface area contributed by atoms with Crippen molar-refractivity contribution in [1.82, 2.24) is 9.88 Å². The van der Waals surface area contributed by atoms with Crippen LogP contribution in [0, 0.1) is 5.92 Å². The van der Waals surface area contributed by atoms with Crippen LogP contribution in [0.5, 0.6) is 0 Å². The minimum atomic E-state index is -3.75. The van der Waals surface area contributed by atoms with Gasteiger partial charge in [-0.3, -0.25) is 14.3 Å². The van der Waals surface area contributed by atoms with E-state index in [1.165, 1.54) is 11.3 Å². The Morgan fingerprint density at radius 3 is 2.71 bits per heavy atom. The highest BCUT2D eigenvalue weighted by atomic mass is 32.2. The topological polar surface area (TPSA) is 129 Å². The van der Waals surface area contributed by atoms with Crippen LogP contribution in [-0.4, -0.2) is 61.2 Å². The van der Waals surface area contributed by atoms with Crippen molar-refractivity contribution in [3.63, 3.8) is 0 Å². The first-order valence-electron chi connectivity index (χ1n) is 8.84. The lowest BCUT2D eigenvalue weighted by atomic mass is 9.96. The summed E-state index contributed by atoms with van der Waals surface area (Å²) in [4.78, 5) is 29.6. The Kier molecular flexibility index (Phi) is 6.16.